The minimum Gasteiger partial charge on any atom is -0.484 e. The number of halogens is 5. The number of carbonyl (C=O) groups is 2. The highest BCUT2D eigenvalue weighted by Gasteiger charge is 2.52. The van der Waals surface area contributed by atoms with Gasteiger partial charge in [0.1, 0.15) is 17.3 Å². The Kier molecular flexibility index (Phi) is 8.30. The van der Waals surface area contributed by atoms with Crippen molar-refractivity contribution < 1.29 is 35.9 Å². The van der Waals surface area contributed by atoms with Crippen molar-refractivity contribution in [1.29, 1.82) is 5.26 Å². The number of nitrogens with zero attached hydrogens (tertiary/aromatic N) is 2. The van der Waals surface area contributed by atoms with E-state index in [1.54, 1.807) is 38.1 Å². The van der Waals surface area contributed by atoms with Crippen molar-refractivity contribution in [2.45, 2.75) is 66.4 Å². The first kappa shape index (κ1) is 30.9. The Bertz CT molecular complexity index is 1500. The third kappa shape index (κ3) is 6.58. The summed E-state index contributed by atoms with van der Waals surface area (Å²) in [6.45, 7) is 1.35. The number of alkyl halides is 3. The number of benzene rings is 2. The molecule has 2 aromatic carbocycles. The summed E-state index contributed by atoms with van der Waals surface area (Å²) in [6, 6.07) is 10.5. The summed E-state index contributed by atoms with van der Waals surface area (Å²) >= 11 is 12.2. The van der Waals surface area contributed by atoms with Gasteiger partial charge in [-0.1, -0.05) is 35.3 Å². The van der Waals surface area contributed by atoms with E-state index >= 15 is 0 Å². The molecule has 1 saturated heterocycles. The third-order valence-electron chi connectivity index (χ3n) is 7.30. The van der Waals surface area contributed by atoms with Crippen LogP contribution in [-0.2, 0) is 24.8 Å². The Balaban J connectivity index is 1.64. The Hall–Kier alpha value is -3.01. The minimum absolute atomic E-state index is 0.275. The maximum atomic E-state index is 13.9. The number of nitriles is 1. The minimum atomic E-state index is -4.60. The van der Waals surface area contributed by atoms with E-state index in [1.165, 1.54) is 4.90 Å². The molecule has 2 aliphatic rings. The zero-order chi connectivity index (χ0) is 30.4. The average Bonchev–Trinajstić information content (AvgIpc) is 3.51. The summed E-state index contributed by atoms with van der Waals surface area (Å²) in [5.41, 5.74) is -1.64. The number of ether oxygens (including phenoxy) is 1. The fraction of sp³-hybridized carbons (Fsp3) is 0.444. The molecule has 4 rings (SSSR count). The first-order chi connectivity index (χ1) is 19.0. The van der Waals surface area contributed by atoms with Crippen LogP contribution in [0, 0.1) is 11.3 Å². The van der Waals surface area contributed by atoms with Crippen LogP contribution in [0.5, 0.6) is 5.75 Å². The molecule has 8 nitrogen and oxygen atoms in total. The van der Waals surface area contributed by atoms with E-state index in [0.717, 1.165) is 18.2 Å². The highest BCUT2D eigenvalue weighted by Crippen LogP contribution is 2.39. The van der Waals surface area contributed by atoms with Gasteiger partial charge >= 0.3 is 6.18 Å². The van der Waals surface area contributed by atoms with E-state index in [0.29, 0.717) is 23.4 Å². The van der Waals surface area contributed by atoms with Gasteiger partial charge < -0.3 is 15.0 Å². The van der Waals surface area contributed by atoms with E-state index in [4.69, 9.17) is 23.2 Å². The van der Waals surface area contributed by atoms with Crippen LogP contribution < -0.4 is 10.1 Å². The Morgan fingerprint density at radius 3 is 2.32 bits per heavy atom. The summed E-state index contributed by atoms with van der Waals surface area (Å²) in [4.78, 5) is 28.1. The molecule has 1 aliphatic carbocycles. The number of sulfone groups is 1. The van der Waals surface area contributed by atoms with Gasteiger partial charge in [0.05, 0.1) is 26.7 Å². The Morgan fingerprint density at radius 2 is 1.78 bits per heavy atom. The highest BCUT2D eigenvalue weighted by molar-refractivity contribution is 7.92. The van der Waals surface area contributed by atoms with Gasteiger partial charge in [0.25, 0.3) is 0 Å². The zero-order valence-corrected chi connectivity index (χ0v) is 24.3. The second kappa shape index (κ2) is 11.0. The molecule has 41 heavy (non-hydrogen) atoms. The largest absolute Gasteiger partial charge is 0.484 e. The van der Waals surface area contributed by atoms with Crippen molar-refractivity contribution in [2.24, 2.45) is 0 Å². The topological polar surface area (TPSA) is 117 Å². The number of hydrogen-bond donors (Lipinski definition) is 1. The predicted molar refractivity (Wildman–Crippen MR) is 144 cm³/mol. The van der Waals surface area contributed by atoms with Crippen LogP contribution in [0.15, 0.2) is 47.4 Å². The molecule has 1 aliphatic heterocycles. The zero-order valence-electron chi connectivity index (χ0n) is 22.0. The molecule has 220 valence electrons. The monoisotopic (exact) mass is 631 g/mol. The number of carbonyl (C=O) groups excluding carboxylic acids is 2. The molecular formula is C27H26Cl2F3N3O5S. The Labute approximate surface area is 245 Å². The van der Waals surface area contributed by atoms with Crippen LogP contribution >= 0.6 is 23.2 Å². The summed E-state index contributed by atoms with van der Waals surface area (Å²) in [5.74, 6) is -1.44. The molecule has 2 aromatic rings. The second-order valence-corrected chi connectivity index (χ2v) is 13.7. The van der Waals surface area contributed by atoms with Crippen molar-refractivity contribution in [2.75, 3.05) is 13.2 Å². The number of amides is 2. The summed E-state index contributed by atoms with van der Waals surface area (Å²) in [7, 11) is -4.28. The molecule has 14 heteroatoms. The molecule has 0 unspecified atom stereocenters. The van der Waals surface area contributed by atoms with Gasteiger partial charge in [-0.15, -0.1) is 0 Å². The SMILES string of the molecule is CC(C)(C(=O)N1C[C@H](S(=O)(=O)c2ccc(OCC(F)(F)F)cc2Cl)C[C@H]1C(=O)NC1(C#N)CC1)c1ccc(Cl)cc1. The lowest BCUT2D eigenvalue weighted by Gasteiger charge is -2.33. The van der Waals surface area contributed by atoms with Gasteiger partial charge in [0.15, 0.2) is 16.4 Å². The van der Waals surface area contributed by atoms with Gasteiger partial charge in [-0.25, -0.2) is 8.42 Å². The quantitative estimate of drug-likeness (QED) is 0.446. The van der Waals surface area contributed by atoms with Crippen molar-refractivity contribution in [3.05, 3.63) is 58.1 Å². The van der Waals surface area contributed by atoms with Gasteiger partial charge in [-0.3, -0.25) is 9.59 Å². The maximum Gasteiger partial charge on any atom is 0.422 e. The van der Waals surface area contributed by atoms with E-state index in [-0.39, 0.29) is 28.6 Å². The summed E-state index contributed by atoms with van der Waals surface area (Å²) in [6.07, 6.45) is -4.00. The first-order valence-electron chi connectivity index (χ1n) is 12.5. The van der Waals surface area contributed by atoms with Crippen molar-refractivity contribution in [3.8, 4) is 11.8 Å². The summed E-state index contributed by atoms with van der Waals surface area (Å²) < 4.78 is 69.6. The van der Waals surface area contributed by atoms with Crippen LogP contribution in [0.3, 0.4) is 0 Å². The lowest BCUT2D eigenvalue weighted by atomic mass is 9.83. The van der Waals surface area contributed by atoms with E-state index < -0.39 is 56.7 Å². The van der Waals surface area contributed by atoms with E-state index in [2.05, 4.69) is 10.1 Å². The molecule has 1 N–H and O–H groups in total. The lowest BCUT2D eigenvalue weighted by molar-refractivity contribution is -0.153. The van der Waals surface area contributed by atoms with Gasteiger partial charge in [0.2, 0.25) is 11.8 Å². The van der Waals surface area contributed by atoms with Gasteiger partial charge in [-0.05, 0) is 62.9 Å². The molecule has 0 aromatic heterocycles. The van der Waals surface area contributed by atoms with Crippen molar-refractivity contribution in [3.63, 3.8) is 0 Å². The van der Waals surface area contributed by atoms with Crippen LogP contribution in [0.25, 0.3) is 0 Å². The van der Waals surface area contributed by atoms with E-state index in [1.807, 2.05) is 6.07 Å². The maximum absolute atomic E-state index is 13.9. The van der Waals surface area contributed by atoms with E-state index in [9.17, 15) is 36.4 Å². The lowest BCUT2D eigenvalue weighted by Crippen LogP contribution is -2.53. The smallest absolute Gasteiger partial charge is 0.422 e. The predicted octanol–water partition coefficient (Wildman–Crippen LogP) is 4.83. The summed E-state index contributed by atoms with van der Waals surface area (Å²) in [5, 5.41) is 10.9. The van der Waals surface area contributed by atoms with Crippen molar-refractivity contribution >= 4 is 44.9 Å². The molecule has 1 heterocycles. The molecule has 0 spiro atoms. The molecule has 2 atom stereocenters. The molecule has 0 bridgehead atoms. The van der Waals surface area contributed by atoms with Crippen LogP contribution in [0.2, 0.25) is 10.0 Å². The standard InChI is InChI=1S/C27H26Cl2F3N3O5S/c1-25(2,16-3-5-17(28)6-4-16)24(37)35-13-19(12-21(35)23(36)34-26(14-33)9-10-26)41(38,39)22-8-7-18(11-20(22)29)40-15-27(30,31)32/h3-8,11,19,21H,9-10,12-13,15H2,1-2H3,(H,34,36)/t19-,21+/m1/s1. The first-order valence-corrected chi connectivity index (χ1v) is 14.8. The fourth-order valence-electron chi connectivity index (χ4n) is 4.70. The average molecular weight is 632 g/mol. The van der Waals surface area contributed by atoms with Crippen LogP contribution in [-0.4, -0.2) is 61.3 Å². The molecule has 2 amide bonds. The third-order valence-corrected chi connectivity index (χ3v) is 10.2. The second-order valence-electron chi connectivity index (χ2n) is 10.7. The number of hydrogen-bond acceptors (Lipinski definition) is 6. The number of likely N-dealkylation sites (tertiary alicyclic amines) is 1. The van der Waals surface area contributed by atoms with Gasteiger partial charge in [-0.2, -0.15) is 18.4 Å². The Morgan fingerprint density at radius 1 is 1.15 bits per heavy atom. The number of rotatable bonds is 8. The molecule has 1 saturated carbocycles. The molecule has 2 fully saturated rings. The highest BCUT2D eigenvalue weighted by atomic mass is 35.5. The van der Waals surface area contributed by atoms with Crippen LogP contribution in [0.1, 0.15) is 38.7 Å². The van der Waals surface area contributed by atoms with Crippen molar-refractivity contribution in [1.82, 2.24) is 10.2 Å². The normalized spacial score (nSPS) is 20.3. The van der Waals surface area contributed by atoms with Gasteiger partial charge in [0, 0.05) is 17.6 Å². The molecule has 0 radical (unpaired) electrons. The fourth-order valence-corrected chi connectivity index (χ4v) is 7.06. The molecular weight excluding hydrogens is 606 g/mol. The van der Waals surface area contributed by atoms with Crippen LogP contribution in [0.4, 0.5) is 13.2 Å². The number of nitrogens with one attached hydrogen (secondary N) is 1.